The first kappa shape index (κ1) is 9.81. The van der Waals surface area contributed by atoms with Gasteiger partial charge in [0, 0.05) is 19.1 Å². The molecular formula is C11H15ClN2. The number of likely N-dealkylation sites (N-methyl/N-ethyl adjacent to an activating group) is 1. The fourth-order valence-corrected chi connectivity index (χ4v) is 2.18. The Balaban J connectivity index is 2.13. The van der Waals surface area contributed by atoms with Crippen molar-refractivity contribution in [1.82, 2.24) is 5.32 Å². The van der Waals surface area contributed by atoms with Crippen molar-refractivity contribution in [1.29, 1.82) is 0 Å². The fraction of sp³-hybridized carbons (Fsp3) is 0.455. The van der Waals surface area contributed by atoms with Gasteiger partial charge in [0.15, 0.2) is 0 Å². The Hall–Kier alpha value is -0.730. The largest absolute Gasteiger partial charge is 0.369 e. The van der Waals surface area contributed by atoms with E-state index in [2.05, 4.69) is 16.3 Å². The van der Waals surface area contributed by atoms with E-state index in [1.807, 2.05) is 25.2 Å². The standard InChI is InChI=1S/C11H15ClN2/c1-13-9-6-7-14(8-9)11-5-3-2-4-10(11)12/h2-5,9,13H,6-8H2,1H3. The van der Waals surface area contributed by atoms with Crippen LogP contribution in [0.5, 0.6) is 0 Å². The minimum atomic E-state index is 0.603. The summed E-state index contributed by atoms with van der Waals surface area (Å²) in [5, 5.41) is 4.15. The molecule has 1 saturated heterocycles. The molecule has 0 amide bonds. The quantitative estimate of drug-likeness (QED) is 0.805. The molecule has 0 spiro atoms. The van der Waals surface area contributed by atoms with Gasteiger partial charge in [-0.1, -0.05) is 23.7 Å². The predicted molar refractivity (Wildman–Crippen MR) is 61.1 cm³/mol. The topological polar surface area (TPSA) is 15.3 Å². The van der Waals surface area contributed by atoms with Crippen molar-refractivity contribution in [2.24, 2.45) is 0 Å². The van der Waals surface area contributed by atoms with Crippen LogP contribution in [-0.2, 0) is 0 Å². The summed E-state index contributed by atoms with van der Waals surface area (Å²) in [6.07, 6.45) is 1.20. The summed E-state index contributed by atoms with van der Waals surface area (Å²) in [5.41, 5.74) is 1.16. The van der Waals surface area contributed by atoms with Crippen LogP contribution < -0.4 is 10.2 Å². The maximum atomic E-state index is 6.13. The molecule has 1 aromatic rings. The maximum absolute atomic E-state index is 6.13. The zero-order valence-electron chi connectivity index (χ0n) is 8.33. The molecule has 0 radical (unpaired) electrons. The van der Waals surface area contributed by atoms with Crippen molar-refractivity contribution in [3.8, 4) is 0 Å². The first-order valence-electron chi connectivity index (χ1n) is 4.98. The third-order valence-electron chi connectivity index (χ3n) is 2.79. The summed E-state index contributed by atoms with van der Waals surface area (Å²) in [7, 11) is 2.01. The van der Waals surface area contributed by atoms with Gasteiger partial charge in [0.1, 0.15) is 0 Å². The van der Waals surface area contributed by atoms with Gasteiger partial charge in [-0.25, -0.2) is 0 Å². The average molecular weight is 211 g/mol. The fourth-order valence-electron chi connectivity index (χ4n) is 1.92. The van der Waals surface area contributed by atoms with Crippen LogP contribution in [0.3, 0.4) is 0 Å². The number of hydrogen-bond acceptors (Lipinski definition) is 2. The van der Waals surface area contributed by atoms with Gasteiger partial charge < -0.3 is 10.2 Å². The van der Waals surface area contributed by atoms with E-state index in [1.165, 1.54) is 6.42 Å². The van der Waals surface area contributed by atoms with E-state index in [9.17, 15) is 0 Å². The van der Waals surface area contributed by atoms with Gasteiger partial charge >= 0.3 is 0 Å². The lowest BCUT2D eigenvalue weighted by atomic mass is 10.3. The lowest BCUT2D eigenvalue weighted by molar-refractivity contribution is 0.617. The van der Waals surface area contributed by atoms with E-state index >= 15 is 0 Å². The molecule has 1 unspecified atom stereocenters. The molecule has 0 aliphatic carbocycles. The third-order valence-corrected chi connectivity index (χ3v) is 3.11. The average Bonchev–Trinajstić information content (AvgIpc) is 2.67. The highest BCUT2D eigenvalue weighted by Gasteiger charge is 2.22. The first-order valence-corrected chi connectivity index (χ1v) is 5.36. The molecule has 14 heavy (non-hydrogen) atoms. The van der Waals surface area contributed by atoms with E-state index in [1.54, 1.807) is 0 Å². The lowest BCUT2D eigenvalue weighted by Crippen LogP contribution is -2.29. The van der Waals surface area contributed by atoms with Crippen molar-refractivity contribution in [3.05, 3.63) is 29.3 Å². The summed E-state index contributed by atoms with van der Waals surface area (Å²) < 4.78 is 0. The molecule has 1 heterocycles. The van der Waals surface area contributed by atoms with Gasteiger partial charge in [0.05, 0.1) is 10.7 Å². The van der Waals surface area contributed by atoms with Gasteiger partial charge in [-0.15, -0.1) is 0 Å². The number of hydrogen-bond donors (Lipinski definition) is 1. The van der Waals surface area contributed by atoms with Gasteiger partial charge in [-0.2, -0.15) is 0 Å². The number of anilines is 1. The molecule has 3 heteroatoms. The number of rotatable bonds is 2. The van der Waals surface area contributed by atoms with Crippen LogP contribution in [0, 0.1) is 0 Å². The molecule has 1 aromatic carbocycles. The number of nitrogens with one attached hydrogen (secondary N) is 1. The summed E-state index contributed by atoms with van der Waals surface area (Å²) in [4.78, 5) is 2.34. The lowest BCUT2D eigenvalue weighted by Gasteiger charge is -2.19. The van der Waals surface area contributed by atoms with Crippen LogP contribution in [-0.4, -0.2) is 26.2 Å². The SMILES string of the molecule is CNC1CCN(c2ccccc2Cl)C1. The second kappa shape index (κ2) is 4.20. The molecule has 0 aromatic heterocycles. The summed E-state index contributed by atoms with van der Waals surface area (Å²) >= 11 is 6.13. The Morgan fingerprint density at radius 1 is 1.43 bits per heavy atom. The summed E-state index contributed by atoms with van der Waals surface area (Å²) in [6.45, 7) is 2.15. The second-order valence-electron chi connectivity index (χ2n) is 3.67. The minimum absolute atomic E-state index is 0.603. The predicted octanol–water partition coefficient (Wildman–Crippen LogP) is 2.14. The van der Waals surface area contributed by atoms with Crippen molar-refractivity contribution < 1.29 is 0 Å². The molecule has 1 aliphatic heterocycles. The Kier molecular flexibility index (Phi) is 2.94. The zero-order chi connectivity index (χ0) is 9.97. The van der Waals surface area contributed by atoms with Gasteiger partial charge in [-0.05, 0) is 25.6 Å². The molecule has 0 bridgehead atoms. The van der Waals surface area contributed by atoms with Crippen LogP contribution >= 0.6 is 11.6 Å². The van der Waals surface area contributed by atoms with Crippen LogP contribution in [0.2, 0.25) is 5.02 Å². The van der Waals surface area contributed by atoms with E-state index in [-0.39, 0.29) is 0 Å². The second-order valence-corrected chi connectivity index (χ2v) is 4.08. The number of para-hydroxylation sites is 1. The molecule has 2 nitrogen and oxygen atoms in total. The van der Waals surface area contributed by atoms with E-state index in [0.717, 1.165) is 23.8 Å². The molecule has 2 rings (SSSR count). The number of benzene rings is 1. The van der Waals surface area contributed by atoms with E-state index in [4.69, 9.17) is 11.6 Å². The van der Waals surface area contributed by atoms with Gasteiger partial charge in [-0.3, -0.25) is 0 Å². The molecular weight excluding hydrogens is 196 g/mol. The molecule has 1 fully saturated rings. The highest BCUT2D eigenvalue weighted by Crippen LogP contribution is 2.27. The number of halogens is 1. The van der Waals surface area contributed by atoms with E-state index in [0.29, 0.717) is 6.04 Å². The number of nitrogens with zero attached hydrogens (tertiary/aromatic N) is 1. The molecule has 1 aliphatic rings. The Bertz CT molecular complexity index is 314. The van der Waals surface area contributed by atoms with Crippen molar-refractivity contribution in [2.45, 2.75) is 12.5 Å². The normalized spacial score (nSPS) is 21.6. The Morgan fingerprint density at radius 2 is 2.21 bits per heavy atom. The monoisotopic (exact) mass is 210 g/mol. The Morgan fingerprint density at radius 3 is 2.86 bits per heavy atom. The molecule has 0 saturated carbocycles. The third kappa shape index (κ3) is 1.86. The van der Waals surface area contributed by atoms with E-state index < -0.39 is 0 Å². The van der Waals surface area contributed by atoms with Crippen LogP contribution in [0.4, 0.5) is 5.69 Å². The first-order chi connectivity index (χ1) is 6.81. The van der Waals surface area contributed by atoms with Gasteiger partial charge in [0.2, 0.25) is 0 Å². The van der Waals surface area contributed by atoms with Crippen molar-refractivity contribution in [3.63, 3.8) is 0 Å². The summed E-state index contributed by atoms with van der Waals surface area (Å²) in [5.74, 6) is 0. The smallest absolute Gasteiger partial charge is 0.0639 e. The molecule has 76 valence electrons. The molecule has 1 atom stereocenters. The Labute approximate surface area is 89.9 Å². The van der Waals surface area contributed by atoms with Gasteiger partial charge in [0.25, 0.3) is 0 Å². The minimum Gasteiger partial charge on any atom is -0.369 e. The van der Waals surface area contributed by atoms with Crippen molar-refractivity contribution >= 4 is 17.3 Å². The highest BCUT2D eigenvalue weighted by atomic mass is 35.5. The van der Waals surface area contributed by atoms with Crippen LogP contribution in [0.25, 0.3) is 0 Å². The summed E-state index contributed by atoms with van der Waals surface area (Å²) in [6, 6.07) is 8.64. The van der Waals surface area contributed by atoms with Crippen molar-refractivity contribution in [2.75, 3.05) is 25.0 Å². The molecule has 1 N–H and O–H groups in total. The maximum Gasteiger partial charge on any atom is 0.0639 e. The highest BCUT2D eigenvalue weighted by molar-refractivity contribution is 6.33. The zero-order valence-corrected chi connectivity index (χ0v) is 9.09. The van der Waals surface area contributed by atoms with Crippen LogP contribution in [0.15, 0.2) is 24.3 Å². The van der Waals surface area contributed by atoms with Crippen LogP contribution in [0.1, 0.15) is 6.42 Å².